The molecule has 7 atom stereocenters. The molecule has 1 aliphatic rings. The quantitative estimate of drug-likeness (QED) is 0.0176. The molecule has 0 bridgehead atoms. The molecule has 1 aromatic heterocycles. The first-order chi connectivity index (χ1) is 32.7. The van der Waals surface area contributed by atoms with Crippen molar-refractivity contribution in [2.45, 2.75) is 237 Å². The van der Waals surface area contributed by atoms with Crippen LogP contribution in [0.3, 0.4) is 0 Å². The first-order valence-corrected chi connectivity index (χ1v) is 28.7. The number of nitrogens with two attached hydrogens (primary N) is 1. The molecular formula is C48H87N3O15P2. The molecule has 0 saturated carbocycles. The number of nitrogens with zero attached hydrogens (tertiary/aromatic N) is 2. The molecule has 394 valence electrons. The summed E-state index contributed by atoms with van der Waals surface area (Å²) in [5, 5.41) is 20.9. The van der Waals surface area contributed by atoms with Crippen molar-refractivity contribution in [1.29, 1.82) is 0 Å². The zero-order valence-electron chi connectivity index (χ0n) is 41.2. The van der Waals surface area contributed by atoms with Crippen molar-refractivity contribution in [2.24, 2.45) is 0 Å². The Labute approximate surface area is 405 Å². The van der Waals surface area contributed by atoms with Crippen LogP contribution in [-0.2, 0) is 46.3 Å². The summed E-state index contributed by atoms with van der Waals surface area (Å²) in [6, 6.07) is 1.25. The molecule has 0 aromatic carbocycles. The number of carbonyl (C=O) groups excluding carboxylic acids is 2. The SMILES string of the molecule is CCCCCCC=CCCCCCCCCCC(=O)O[C@H](COC(=O)CCCCCCCCCCCCCCCCC)COP(=O)(O)OP(=O)(O)OC[C@H]1O[C@@H](n2ccc(N)nc2=O)C(O)[C@H]1O. The second-order valence-corrected chi connectivity index (χ2v) is 21.1. The number of hydrogen-bond donors (Lipinski definition) is 5. The largest absolute Gasteiger partial charge is 0.481 e. The first kappa shape index (κ1) is 61.6. The van der Waals surface area contributed by atoms with E-state index in [9.17, 15) is 43.5 Å². The minimum atomic E-state index is -5.42. The molecule has 20 heteroatoms. The van der Waals surface area contributed by atoms with Crippen molar-refractivity contribution in [3.63, 3.8) is 0 Å². The van der Waals surface area contributed by atoms with E-state index >= 15 is 0 Å². The average Bonchev–Trinajstić information content (AvgIpc) is 3.57. The number of carbonyl (C=O) groups is 2. The maximum Gasteiger partial charge on any atom is 0.481 e. The number of hydrogen-bond acceptors (Lipinski definition) is 15. The summed E-state index contributed by atoms with van der Waals surface area (Å²) < 4.78 is 56.8. The van der Waals surface area contributed by atoms with Crippen molar-refractivity contribution in [1.82, 2.24) is 9.55 Å². The number of aromatic nitrogens is 2. The Bertz CT molecular complexity index is 1680. The highest BCUT2D eigenvalue weighted by Crippen LogP contribution is 2.60. The van der Waals surface area contributed by atoms with E-state index < -0.39 is 83.7 Å². The number of unbranched alkanes of at least 4 members (excludes halogenated alkanes) is 25. The highest BCUT2D eigenvalue weighted by molar-refractivity contribution is 7.61. The molecule has 1 aromatic rings. The lowest BCUT2D eigenvalue weighted by Gasteiger charge is -2.21. The number of phosphoric acid groups is 2. The maximum atomic E-state index is 12.9. The van der Waals surface area contributed by atoms with Crippen LogP contribution >= 0.6 is 15.6 Å². The van der Waals surface area contributed by atoms with Crippen molar-refractivity contribution in [3.05, 3.63) is 34.9 Å². The molecule has 3 unspecified atom stereocenters. The van der Waals surface area contributed by atoms with Crippen LogP contribution < -0.4 is 11.4 Å². The van der Waals surface area contributed by atoms with E-state index in [1.807, 2.05) is 0 Å². The van der Waals surface area contributed by atoms with Crippen LogP contribution in [-0.4, -0.2) is 85.7 Å². The van der Waals surface area contributed by atoms with Gasteiger partial charge in [-0.25, -0.2) is 13.9 Å². The molecule has 0 spiro atoms. The van der Waals surface area contributed by atoms with Crippen LogP contribution in [0.15, 0.2) is 29.2 Å². The summed E-state index contributed by atoms with van der Waals surface area (Å²) in [4.78, 5) is 61.9. The summed E-state index contributed by atoms with van der Waals surface area (Å²) in [7, 11) is -10.8. The number of rotatable bonds is 43. The summed E-state index contributed by atoms with van der Waals surface area (Å²) in [5.74, 6) is -1.29. The van der Waals surface area contributed by atoms with Gasteiger partial charge in [0.25, 0.3) is 0 Å². The third kappa shape index (κ3) is 29.6. The molecular weight excluding hydrogens is 920 g/mol. The second kappa shape index (κ2) is 37.3. The number of aliphatic hydroxyl groups excluding tert-OH is 2. The van der Waals surface area contributed by atoms with Crippen molar-refractivity contribution >= 4 is 33.4 Å². The predicted molar refractivity (Wildman–Crippen MR) is 261 cm³/mol. The summed E-state index contributed by atoms with van der Waals surface area (Å²) in [6.45, 7) is 2.16. The zero-order chi connectivity index (χ0) is 49.9. The van der Waals surface area contributed by atoms with E-state index in [0.717, 1.165) is 81.6 Å². The number of anilines is 1. The van der Waals surface area contributed by atoms with Crippen LogP contribution in [0.4, 0.5) is 5.82 Å². The summed E-state index contributed by atoms with van der Waals surface area (Å²) in [6.07, 6.45) is 30.0. The van der Waals surface area contributed by atoms with Gasteiger partial charge < -0.3 is 39.9 Å². The number of aliphatic hydroxyl groups is 2. The maximum absolute atomic E-state index is 12.9. The number of nitrogen functional groups attached to an aromatic ring is 1. The third-order valence-corrected chi connectivity index (χ3v) is 14.5. The van der Waals surface area contributed by atoms with Crippen LogP contribution in [0.2, 0.25) is 0 Å². The van der Waals surface area contributed by atoms with E-state index in [-0.39, 0.29) is 18.7 Å². The Morgan fingerprint density at radius 2 is 1.15 bits per heavy atom. The fourth-order valence-electron chi connectivity index (χ4n) is 7.84. The average molecular weight is 1010 g/mol. The molecule has 0 amide bonds. The second-order valence-electron chi connectivity index (χ2n) is 18.0. The van der Waals surface area contributed by atoms with Gasteiger partial charge in [0.1, 0.15) is 30.7 Å². The normalized spacial score (nSPS) is 19.5. The van der Waals surface area contributed by atoms with Crippen molar-refractivity contribution in [3.8, 4) is 0 Å². The van der Waals surface area contributed by atoms with Crippen molar-refractivity contribution in [2.75, 3.05) is 25.6 Å². The molecule has 0 aliphatic carbocycles. The highest BCUT2D eigenvalue weighted by atomic mass is 31.3. The first-order valence-electron chi connectivity index (χ1n) is 25.7. The van der Waals surface area contributed by atoms with Crippen LogP contribution in [0.1, 0.15) is 213 Å². The van der Waals surface area contributed by atoms with Crippen LogP contribution in [0.25, 0.3) is 0 Å². The van der Waals surface area contributed by atoms with Crippen molar-refractivity contribution < 1.29 is 66.3 Å². The topological polar surface area (TPSA) is 265 Å². The van der Waals surface area contributed by atoms with Crippen LogP contribution in [0, 0.1) is 0 Å². The standard InChI is InChI=1S/C48H87N3O15P2/c1-3-5-7-9-11-13-15-17-19-21-23-25-27-29-31-33-43(52)61-37-40(64-44(53)34-32-30-28-26-24-22-20-18-16-14-12-10-8-6-4-2)38-62-67(57,58)66-68(59,60)63-39-41-45(54)46(55)47(65-41)51-36-35-42(49)50-48(51)56/h14,16,35-36,40-41,45-47,54-55H,3-13,15,17-34,37-39H2,1-2H3,(H,57,58)(H,59,60)(H2,49,50,56)/t40-,41-,45+,46?,47-/m1/s1. The predicted octanol–water partition coefficient (Wildman–Crippen LogP) is 10.4. The number of esters is 2. The minimum Gasteiger partial charge on any atom is -0.462 e. The van der Waals surface area contributed by atoms with E-state index in [1.54, 1.807) is 0 Å². The van der Waals surface area contributed by atoms with E-state index in [4.69, 9.17) is 29.0 Å². The summed E-state index contributed by atoms with van der Waals surface area (Å²) >= 11 is 0. The molecule has 18 nitrogen and oxygen atoms in total. The molecule has 1 fully saturated rings. The Kier molecular flexibility index (Phi) is 33.8. The summed E-state index contributed by atoms with van der Waals surface area (Å²) in [5.41, 5.74) is 4.59. The molecule has 1 saturated heterocycles. The number of allylic oxidation sites excluding steroid dienone is 2. The van der Waals surface area contributed by atoms with Gasteiger partial charge in [-0.2, -0.15) is 9.29 Å². The van der Waals surface area contributed by atoms with Crippen LogP contribution in [0.5, 0.6) is 0 Å². The lowest BCUT2D eigenvalue weighted by Crippen LogP contribution is -2.36. The van der Waals surface area contributed by atoms with Gasteiger partial charge in [-0.15, -0.1) is 0 Å². The number of ether oxygens (including phenoxy) is 3. The number of phosphoric ester groups is 2. The van der Waals surface area contributed by atoms with Gasteiger partial charge in [0.15, 0.2) is 12.3 Å². The smallest absolute Gasteiger partial charge is 0.462 e. The van der Waals surface area contributed by atoms with Gasteiger partial charge in [0.2, 0.25) is 0 Å². The Morgan fingerprint density at radius 1 is 0.691 bits per heavy atom. The van der Waals surface area contributed by atoms with Gasteiger partial charge in [0.05, 0.1) is 13.2 Å². The fraction of sp³-hybridized carbons (Fsp3) is 0.833. The highest BCUT2D eigenvalue weighted by Gasteiger charge is 2.46. The molecule has 68 heavy (non-hydrogen) atoms. The van der Waals surface area contributed by atoms with E-state index in [2.05, 4.69) is 35.3 Å². The lowest BCUT2D eigenvalue weighted by atomic mass is 10.0. The Morgan fingerprint density at radius 3 is 1.66 bits per heavy atom. The fourth-order valence-corrected chi connectivity index (χ4v) is 9.95. The lowest BCUT2D eigenvalue weighted by molar-refractivity contribution is -0.161. The van der Waals surface area contributed by atoms with Gasteiger partial charge in [-0.1, -0.05) is 167 Å². The molecule has 6 N–H and O–H groups in total. The minimum absolute atomic E-state index is 0.0493. The van der Waals surface area contributed by atoms with E-state index in [0.29, 0.717) is 12.8 Å². The molecule has 0 radical (unpaired) electrons. The zero-order valence-corrected chi connectivity index (χ0v) is 43.0. The Hall–Kier alpha value is -2.50. The van der Waals surface area contributed by atoms with Gasteiger partial charge >= 0.3 is 33.3 Å². The molecule has 1 aliphatic heterocycles. The van der Waals surface area contributed by atoms with Gasteiger partial charge in [-0.3, -0.25) is 23.2 Å². The van der Waals surface area contributed by atoms with Gasteiger partial charge in [0, 0.05) is 19.0 Å². The monoisotopic (exact) mass is 1010 g/mol. The molecule has 2 rings (SSSR count). The Balaban J connectivity index is 1.79. The molecule has 2 heterocycles. The van der Waals surface area contributed by atoms with Gasteiger partial charge in [-0.05, 0) is 44.6 Å². The third-order valence-electron chi connectivity index (χ3n) is 11.9. The van der Waals surface area contributed by atoms with E-state index in [1.165, 1.54) is 102 Å².